The monoisotopic (exact) mass is 436 g/mol. The molecule has 0 radical (unpaired) electrons. The predicted molar refractivity (Wildman–Crippen MR) is 117 cm³/mol. The summed E-state index contributed by atoms with van der Waals surface area (Å²) < 4.78 is 33.1. The fourth-order valence-electron chi connectivity index (χ4n) is 3.84. The number of hydrogen-bond acceptors (Lipinski definition) is 6. The third-order valence-electron chi connectivity index (χ3n) is 5.51. The van der Waals surface area contributed by atoms with E-state index < -0.39 is 10.0 Å². The summed E-state index contributed by atoms with van der Waals surface area (Å²) in [6.07, 6.45) is 1.67. The SMILES string of the molecule is Cc1ccc(-c2nc(CN3CCN(S(=O)(=O)c4ccccc4C#N)CC3)co2)c(C)c1. The average Bonchev–Trinajstić information content (AvgIpc) is 3.22. The molecule has 1 aromatic heterocycles. The van der Waals surface area contributed by atoms with Gasteiger partial charge in [-0.25, -0.2) is 13.4 Å². The van der Waals surface area contributed by atoms with Gasteiger partial charge in [-0.1, -0.05) is 29.8 Å². The molecule has 4 rings (SSSR count). The maximum atomic E-state index is 13.0. The van der Waals surface area contributed by atoms with Crippen molar-refractivity contribution in [2.24, 2.45) is 0 Å². The van der Waals surface area contributed by atoms with E-state index in [-0.39, 0.29) is 10.5 Å². The molecule has 0 N–H and O–H groups in total. The van der Waals surface area contributed by atoms with Crippen LogP contribution in [0.2, 0.25) is 0 Å². The lowest BCUT2D eigenvalue weighted by Crippen LogP contribution is -2.48. The lowest BCUT2D eigenvalue weighted by molar-refractivity contribution is 0.180. The van der Waals surface area contributed by atoms with Crippen LogP contribution in [-0.2, 0) is 16.6 Å². The van der Waals surface area contributed by atoms with Crippen LogP contribution in [0.15, 0.2) is 58.0 Å². The van der Waals surface area contributed by atoms with E-state index in [1.54, 1.807) is 18.4 Å². The van der Waals surface area contributed by atoms with Crippen molar-refractivity contribution >= 4 is 10.0 Å². The van der Waals surface area contributed by atoms with Crippen LogP contribution in [0.4, 0.5) is 0 Å². The summed E-state index contributed by atoms with van der Waals surface area (Å²) >= 11 is 0. The highest BCUT2D eigenvalue weighted by molar-refractivity contribution is 7.89. The Kier molecular flexibility index (Phi) is 5.92. The summed E-state index contributed by atoms with van der Waals surface area (Å²) in [5.41, 5.74) is 4.28. The molecule has 160 valence electrons. The summed E-state index contributed by atoms with van der Waals surface area (Å²) in [6.45, 7) is 6.58. The lowest BCUT2D eigenvalue weighted by atomic mass is 10.1. The van der Waals surface area contributed by atoms with E-state index in [1.165, 1.54) is 22.0 Å². The summed E-state index contributed by atoms with van der Waals surface area (Å²) in [4.78, 5) is 6.86. The highest BCUT2D eigenvalue weighted by Crippen LogP contribution is 2.25. The lowest BCUT2D eigenvalue weighted by Gasteiger charge is -2.33. The Morgan fingerprint density at radius 3 is 2.55 bits per heavy atom. The zero-order valence-corrected chi connectivity index (χ0v) is 18.4. The normalized spacial score (nSPS) is 15.6. The maximum absolute atomic E-state index is 13.0. The van der Waals surface area contributed by atoms with Gasteiger partial charge in [-0.3, -0.25) is 4.90 Å². The zero-order valence-electron chi connectivity index (χ0n) is 17.6. The second-order valence-electron chi connectivity index (χ2n) is 7.75. The van der Waals surface area contributed by atoms with E-state index in [9.17, 15) is 13.7 Å². The molecule has 0 spiro atoms. The molecular weight excluding hydrogens is 412 g/mol. The van der Waals surface area contributed by atoms with Gasteiger partial charge in [0.05, 0.1) is 16.2 Å². The van der Waals surface area contributed by atoms with Crippen LogP contribution < -0.4 is 0 Å². The molecule has 0 aliphatic carbocycles. The van der Waals surface area contributed by atoms with Gasteiger partial charge in [0.1, 0.15) is 12.3 Å². The van der Waals surface area contributed by atoms with Gasteiger partial charge in [0.25, 0.3) is 0 Å². The molecule has 2 aromatic carbocycles. The molecule has 31 heavy (non-hydrogen) atoms. The number of aromatic nitrogens is 1. The van der Waals surface area contributed by atoms with E-state index in [0.29, 0.717) is 38.6 Å². The highest BCUT2D eigenvalue weighted by Gasteiger charge is 2.30. The Morgan fingerprint density at radius 2 is 1.84 bits per heavy atom. The van der Waals surface area contributed by atoms with Crippen molar-refractivity contribution in [1.82, 2.24) is 14.2 Å². The molecule has 0 saturated carbocycles. The predicted octanol–water partition coefficient (Wildman–Crippen LogP) is 3.34. The number of sulfonamides is 1. The van der Waals surface area contributed by atoms with Gasteiger partial charge < -0.3 is 4.42 Å². The quantitative estimate of drug-likeness (QED) is 0.609. The van der Waals surface area contributed by atoms with Crippen LogP contribution >= 0.6 is 0 Å². The molecule has 0 amide bonds. The minimum atomic E-state index is -3.69. The van der Waals surface area contributed by atoms with Gasteiger partial charge in [0, 0.05) is 38.3 Å². The number of benzene rings is 2. The van der Waals surface area contributed by atoms with Crippen molar-refractivity contribution in [3.63, 3.8) is 0 Å². The molecule has 1 fully saturated rings. The maximum Gasteiger partial charge on any atom is 0.244 e. The standard InChI is InChI=1S/C23H24N4O3S/c1-17-7-8-21(18(2)13-17)23-25-20(16-30-23)15-26-9-11-27(12-10-26)31(28,29)22-6-4-3-5-19(22)14-24/h3-8,13,16H,9-12,15H2,1-2H3. The van der Waals surface area contributed by atoms with Crippen LogP contribution in [0.1, 0.15) is 22.4 Å². The fourth-order valence-corrected chi connectivity index (χ4v) is 5.40. The fraction of sp³-hybridized carbons (Fsp3) is 0.304. The van der Waals surface area contributed by atoms with E-state index in [4.69, 9.17) is 4.42 Å². The Balaban J connectivity index is 1.41. The van der Waals surface area contributed by atoms with E-state index >= 15 is 0 Å². The first kappa shape index (κ1) is 21.2. The van der Waals surface area contributed by atoms with Gasteiger partial charge in [-0.05, 0) is 37.6 Å². The van der Waals surface area contributed by atoms with Crippen LogP contribution in [0.3, 0.4) is 0 Å². The molecule has 1 aliphatic rings. The molecule has 2 heterocycles. The molecular formula is C23H24N4O3S. The number of hydrogen-bond donors (Lipinski definition) is 0. The Labute approximate surface area is 182 Å². The van der Waals surface area contributed by atoms with E-state index in [2.05, 4.69) is 22.9 Å². The molecule has 8 heteroatoms. The number of rotatable bonds is 5. The van der Waals surface area contributed by atoms with Gasteiger partial charge in [0.2, 0.25) is 15.9 Å². The largest absolute Gasteiger partial charge is 0.444 e. The molecule has 0 unspecified atom stereocenters. The number of nitriles is 1. The van der Waals surface area contributed by atoms with Gasteiger partial charge in [-0.2, -0.15) is 9.57 Å². The van der Waals surface area contributed by atoms with Crippen molar-refractivity contribution in [2.45, 2.75) is 25.3 Å². The van der Waals surface area contributed by atoms with Gasteiger partial charge >= 0.3 is 0 Å². The van der Waals surface area contributed by atoms with Crippen LogP contribution in [0, 0.1) is 25.2 Å². The first-order valence-electron chi connectivity index (χ1n) is 10.1. The van der Waals surface area contributed by atoms with Gasteiger partial charge in [-0.15, -0.1) is 0 Å². The first-order chi connectivity index (χ1) is 14.9. The molecule has 7 nitrogen and oxygen atoms in total. The van der Waals surface area contributed by atoms with Crippen molar-refractivity contribution in [3.05, 3.63) is 71.1 Å². The molecule has 1 aliphatic heterocycles. The van der Waals surface area contributed by atoms with E-state index in [0.717, 1.165) is 16.8 Å². The zero-order chi connectivity index (χ0) is 22.0. The molecule has 3 aromatic rings. The van der Waals surface area contributed by atoms with Crippen LogP contribution in [0.5, 0.6) is 0 Å². The summed E-state index contributed by atoms with van der Waals surface area (Å²) in [7, 11) is -3.69. The minimum absolute atomic E-state index is 0.0700. The number of aryl methyl sites for hydroxylation is 2. The van der Waals surface area contributed by atoms with Crippen molar-refractivity contribution < 1.29 is 12.8 Å². The third-order valence-corrected chi connectivity index (χ3v) is 7.46. The smallest absolute Gasteiger partial charge is 0.244 e. The number of oxazole rings is 1. The van der Waals surface area contributed by atoms with Crippen LogP contribution in [-0.4, -0.2) is 48.8 Å². The van der Waals surface area contributed by atoms with Crippen molar-refractivity contribution in [3.8, 4) is 17.5 Å². The summed E-state index contributed by atoms with van der Waals surface area (Å²) in [6, 6.07) is 14.5. The second kappa shape index (κ2) is 8.63. The molecule has 0 bridgehead atoms. The van der Waals surface area contributed by atoms with E-state index in [1.807, 2.05) is 25.1 Å². The van der Waals surface area contributed by atoms with Crippen molar-refractivity contribution in [1.29, 1.82) is 5.26 Å². The molecule has 1 saturated heterocycles. The van der Waals surface area contributed by atoms with Crippen LogP contribution in [0.25, 0.3) is 11.5 Å². The molecule has 0 atom stereocenters. The Bertz CT molecular complexity index is 1240. The highest BCUT2D eigenvalue weighted by atomic mass is 32.2. The van der Waals surface area contributed by atoms with Gasteiger partial charge in [0.15, 0.2) is 0 Å². The average molecular weight is 437 g/mol. The summed E-state index contributed by atoms with van der Waals surface area (Å²) in [5, 5.41) is 9.24. The number of piperazine rings is 1. The second-order valence-corrected chi connectivity index (χ2v) is 9.66. The topological polar surface area (TPSA) is 90.4 Å². The minimum Gasteiger partial charge on any atom is -0.444 e. The van der Waals surface area contributed by atoms with Crippen molar-refractivity contribution in [2.75, 3.05) is 26.2 Å². The Hall–Kier alpha value is -2.99. The third kappa shape index (κ3) is 4.39. The number of nitrogens with zero attached hydrogens (tertiary/aromatic N) is 4. The first-order valence-corrected chi connectivity index (χ1v) is 11.6. The summed E-state index contributed by atoms with van der Waals surface area (Å²) in [5.74, 6) is 0.599. The Morgan fingerprint density at radius 1 is 1.10 bits per heavy atom.